The molecule has 0 bridgehead atoms. The van der Waals surface area contributed by atoms with Crippen molar-refractivity contribution in [1.29, 1.82) is 0 Å². The Balaban J connectivity index is 2.12. The summed E-state index contributed by atoms with van der Waals surface area (Å²) >= 11 is 0. The normalized spacial score (nSPS) is 16.3. The minimum absolute atomic E-state index is 0.0918. The summed E-state index contributed by atoms with van der Waals surface area (Å²) in [4.78, 5) is 23.4. The fourth-order valence-corrected chi connectivity index (χ4v) is 2.62. The second-order valence-corrected chi connectivity index (χ2v) is 5.51. The topological polar surface area (TPSA) is 66.4 Å². The number of fused-ring (bicyclic) bond motifs is 1. The zero-order valence-electron chi connectivity index (χ0n) is 12.0. The van der Waals surface area contributed by atoms with Gasteiger partial charge in [0.15, 0.2) is 0 Å². The number of aryl methyl sites for hydroxylation is 2. The van der Waals surface area contributed by atoms with E-state index >= 15 is 0 Å². The third kappa shape index (κ3) is 3.00. The molecule has 0 spiro atoms. The fourth-order valence-electron chi connectivity index (χ4n) is 2.62. The van der Waals surface area contributed by atoms with Gasteiger partial charge in [-0.1, -0.05) is 26.3 Å². The van der Waals surface area contributed by atoms with Gasteiger partial charge in [-0.05, 0) is 48.4 Å². The molecule has 0 aliphatic heterocycles. The van der Waals surface area contributed by atoms with Crippen LogP contribution < -0.4 is 5.32 Å². The highest BCUT2D eigenvalue weighted by molar-refractivity contribution is 5.96. The van der Waals surface area contributed by atoms with Crippen LogP contribution in [0.15, 0.2) is 18.2 Å². The number of benzene rings is 1. The maximum atomic E-state index is 12.2. The van der Waals surface area contributed by atoms with E-state index in [1.54, 1.807) is 6.07 Å². The Kier molecular flexibility index (Phi) is 4.42. The molecular weight excluding hydrogens is 254 g/mol. The summed E-state index contributed by atoms with van der Waals surface area (Å²) in [7, 11) is 0. The van der Waals surface area contributed by atoms with Crippen LogP contribution >= 0.6 is 0 Å². The molecule has 108 valence electrons. The number of amides is 1. The predicted molar refractivity (Wildman–Crippen MR) is 76.8 cm³/mol. The van der Waals surface area contributed by atoms with Gasteiger partial charge in [-0.25, -0.2) is 4.79 Å². The predicted octanol–water partition coefficient (Wildman–Crippen LogP) is 2.40. The Morgan fingerprint density at radius 1 is 1.30 bits per heavy atom. The lowest BCUT2D eigenvalue weighted by Crippen LogP contribution is -2.45. The van der Waals surface area contributed by atoms with Gasteiger partial charge >= 0.3 is 5.97 Å². The van der Waals surface area contributed by atoms with Crippen molar-refractivity contribution in [1.82, 2.24) is 5.32 Å². The van der Waals surface area contributed by atoms with Crippen molar-refractivity contribution in [3.63, 3.8) is 0 Å². The quantitative estimate of drug-likeness (QED) is 0.867. The second kappa shape index (κ2) is 6.07. The fraction of sp³-hybridized carbons (Fsp3) is 0.500. The monoisotopic (exact) mass is 275 g/mol. The molecule has 0 saturated heterocycles. The Hall–Kier alpha value is -1.84. The molecule has 4 heteroatoms. The summed E-state index contributed by atoms with van der Waals surface area (Å²) < 4.78 is 0. The van der Waals surface area contributed by atoms with Gasteiger partial charge in [0.25, 0.3) is 5.91 Å². The molecule has 2 atom stereocenters. The molecule has 1 aromatic rings. The number of nitrogens with one attached hydrogen (secondary N) is 1. The van der Waals surface area contributed by atoms with Crippen molar-refractivity contribution in [2.75, 3.05) is 0 Å². The average Bonchev–Trinajstić information content (AvgIpc) is 2.90. The number of rotatable bonds is 5. The van der Waals surface area contributed by atoms with Crippen LogP contribution in [0.4, 0.5) is 0 Å². The molecule has 1 amide bonds. The minimum atomic E-state index is -0.978. The molecule has 1 aliphatic rings. The molecule has 0 aromatic heterocycles. The molecule has 0 radical (unpaired) electrons. The van der Waals surface area contributed by atoms with Crippen molar-refractivity contribution in [3.8, 4) is 0 Å². The summed E-state index contributed by atoms with van der Waals surface area (Å²) in [5.41, 5.74) is 3.08. The number of hydrogen-bond donors (Lipinski definition) is 2. The van der Waals surface area contributed by atoms with E-state index in [2.05, 4.69) is 5.32 Å². The van der Waals surface area contributed by atoms with Gasteiger partial charge in [-0.3, -0.25) is 4.79 Å². The minimum Gasteiger partial charge on any atom is -0.480 e. The van der Waals surface area contributed by atoms with Crippen LogP contribution in [0.3, 0.4) is 0 Å². The molecule has 1 aliphatic carbocycles. The van der Waals surface area contributed by atoms with Crippen LogP contribution in [-0.2, 0) is 17.6 Å². The number of aliphatic carboxylic acids is 1. The van der Waals surface area contributed by atoms with E-state index in [0.29, 0.717) is 12.0 Å². The molecular formula is C16H21NO3. The highest BCUT2D eigenvalue weighted by atomic mass is 16.4. The molecule has 0 heterocycles. The summed E-state index contributed by atoms with van der Waals surface area (Å²) in [6, 6.07) is 4.83. The average molecular weight is 275 g/mol. The maximum absolute atomic E-state index is 12.2. The highest BCUT2D eigenvalue weighted by Gasteiger charge is 2.26. The van der Waals surface area contributed by atoms with Gasteiger partial charge in [0.2, 0.25) is 0 Å². The van der Waals surface area contributed by atoms with Crippen molar-refractivity contribution >= 4 is 11.9 Å². The first-order valence-corrected chi connectivity index (χ1v) is 7.18. The SMILES string of the molecule is CCC(C)[C@H](NC(=O)c1ccc2c(c1)CCC2)C(=O)O. The molecule has 1 unspecified atom stereocenters. The van der Waals surface area contributed by atoms with Crippen LogP contribution in [-0.4, -0.2) is 23.0 Å². The number of hydrogen-bond acceptors (Lipinski definition) is 2. The molecule has 2 N–H and O–H groups in total. The van der Waals surface area contributed by atoms with E-state index in [-0.39, 0.29) is 11.8 Å². The molecule has 1 aromatic carbocycles. The van der Waals surface area contributed by atoms with Crippen molar-refractivity contribution in [2.24, 2.45) is 5.92 Å². The van der Waals surface area contributed by atoms with Gasteiger partial charge < -0.3 is 10.4 Å². The standard InChI is InChI=1S/C16H21NO3/c1-3-10(2)14(16(19)20)17-15(18)13-8-7-11-5-4-6-12(11)9-13/h7-10,14H,3-6H2,1-2H3,(H,17,18)(H,19,20)/t10?,14-/m0/s1. The van der Waals surface area contributed by atoms with E-state index < -0.39 is 12.0 Å². The highest BCUT2D eigenvalue weighted by Crippen LogP contribution is 2.23. The third-order valence-electron chi connectivity index (χ3n) is 4.13. The maximum Gasteiger partial charge on any atom is 0.326 e. The molecule has 0 saturated carbocycles. The van der Waals surface area contributed by atoms with Crippen LogP contribution in [0.25, 0.3) is 0 Å². The van der Waals surface area contributed by atoms with Crippen molar-refractivity contribution in [2.45, 2.75) is 45.6 Å². The third-order valence-corrected chi connectivity index (χ3v) is 4.13. The lowest BCUT2D eigenvalue weighted by atomic mass is 9.98. The first kappa shape index (κ1) is 14.6. The smallest absolute Gasteiger partial charge is 0.326 e. The van der Waals surface area contributed by atoms with E-state index in [1.165, 1.54) is 11.1 Å². The van der Waals surface area contributed by atoms with Gasteiger partial charge in [-0.15, -0.1) is 0 Å². The zero-order chi connectivity index (χ0) is 14.7. The van der Waals surface area contributed by atoms with Crippen molar-refractivity contribution < 1.29 is 14.7 Å². The summed E-state index contributed by atoms with van der Waals surface area (Å²) in [5.74, 6) is -1.37. The van der Waals surface area contributed by atoms with Crippen molar-refractivity contribution in [3.05, 3.63) is 34.9 Å². The van der Waals surface area contributed by atoms with E-state index in [4.69, 9.17) is 0 Å². The number of carbonyl (C=O) groups is 2. The Labute approximate surface area is 119 Å². The van der Waals surface area contributed by atoms with E-state index in [0.717, 1.165) is 19.3 Å². The Morgan fingerprint density at radius 3 is 2.65 bits per heavy atom. The number of carboxylic acid groups (broad SMARTS) is 1. The zero-order valence-corrected chi connectivity index (χ0v) is 12.0. The summed E-state index contributed by atoms with van der Waals surface area (Å²) in [5, 5.41) is 11.8. The molecule has 4 nitrogen and oxygen atoms in total. The van der Waals surface area contributed by atoms with Crippen LogP contribution in [0.1, 0.15) is 48.2 Å². The molecule has 0 fully saturated rings. The first-order valence-electron chi connectivity index (χ1n) is 7.18. The van der Waals surface area contributed by atoms with Gasteiger partial charge in [-0.2, -0.15) is 0 Å². The van der Waals surface area contributed by atoms with Crippen LogP contribution in [0.2, 0.25) is 0 Å². The molecule has 20 heavy (non-hydrogen) atoms. The number of carboxylic acids is 1. The Morgan fingerprint density at radius 2 is 2.00 bits per heavy atom. The van der Waals surface area contributed by atoms with Crippen LogP contribution in [0.5, 0.6) is 0 Å². The van der Waals surface area contributed by atoms with Gasteiger partial charge in [0.1, 0.15) is 6.04 Å². The van der Waals surface area contributed by atoms with E-state index in [1.807, 2.05) is 26.0 Å². The molecule has 2 rings (SSSR count). The summed E-state index contributed by atoms with van der Waals surface area (Å²) in [6.07, 6.45) is 3.92. The van der Waals surface area contributed by atoms with Crippen LogP contribution in [0, 0.1) is 5.92 Å². The largest absolute Gasteiger partial charge is 0.480 e. The van der Waals surface area contributed by atoms with E-state index in [9.17, 15) is 14.7 Å². The second-order valence-electron chi connectivity index (χ2n) is 5.51. The first-order chi connectivity index (χ1) is 9.52. The lowest BCUT2D eigenvalue weighted by Gasteiger charge is -2.20. The number of carbonyl (C=O) groups excluding carboxylic acids is 1. The van der Waals surface area contributed by atoms with Gasteiger partial charge in [0.05, 0.1) is 0 Å². The summed E-state index contributed by atoms with van der Waals surface area (Å²) in [6.45, 7) is 3.75. The van der Waals surface area contributed by atoms with Gasteiger partial charge in [0, 0.05) is 5.56 Å². The Bertz CT molecular complexity index is 524. The lowest BCUT2D eigenvalue weighted by molar-refractivity contribution is -0.140.